The minimum absolute atomic E-state index is 0.00345. The molecule has 2 aliphatic carbocycles. The highest BCUT2D eigenvalue weighted by molar-refractivity contribution is 7.10. The molecule has 0 bridgehead atoms. The lowest BCUT2D eigenvalue weighted by molar-refractivity contribution is -0.117. The Labute approximate surface area is 139 Å². The highest BCUT2D eigenvalue weighted by Crippen LogP contribution is 2.55. The number of Topliss-reactive ketones (excluding diaryl/α,β-unsaturated/α-hetero) is 1. The van der Waals surface area contributed by atoms with E-state index < -0.39 is 16.7 Å². The van der Waals surface area contributed by atoms with E-state index >= 15 is 0 Å². The number of hydrogen-bond acceptors (Lipinski definition) is 5. The van der Waals surface area contributed by atoms with Gasteiger partial charge in [-0.25, -0.2) is 0 Å². The Morgan fingerprint density at radius 2 is 2.04 bits per heavy atom. The predicted molar refractivity (Wildman–Crippen MR) is 86.5 cm³/mol. The van der Waals surface area contributed by atoms with Crippen LogP contribution < -0.4 is 0 Å². The van der Waals surface area contributed by atoms with Gasteiger partial charge in [0.05, 0.1) is 17.7 Å². The van der Waals surface area contributed by atoms with Gasteiger partial charge in [-0.05, 0) is 22.4 Å². The first-order valence-corrected chi connectivity index (χ1v) is 8.27. The van der Waals surface area contributed by atoms with E-state index in [1.807, 2.05) is 37.4 Å². The fraction of sp³-hybridized carbons (Fsp3) is 0.389. The standard InChI is InChI=1S/C18H16N2O2S/c1-17(2)7-12-16(14(22)8-17)13(21)6-11(15-4-3-5-23-15)18(12,9-19)10-20/h3-5,7,11,21H,6,8H2,1-2H3. The number of ketones is 1. The first-order chi connectivity index (χ1) is 10.8. The smallest absolute Gasteiger partial charge is 0.177 e. The van der Waals surface area contributed by atoms with Gasteiger partial charge in [-0.3, -0.25) is 4.79 Å². The monoisotopic (exact) mass is 324 g/mol. The minimum atomic E-state index is -1.44. The molecule has 1 aromatic rings. The minimum Gasteiger partial charge on any atom is -0.512 e. The SMILES string of the molecule is CC1(C)C=C2C(=C(O)CC(c3cccs3)C2(C#N)C#N)C(=O)C1. The number of aliphatic hydroxyl groups is 1. The van der Waals surface area contributed by atoms with Crippen LogP contribution in [0.5, 0.6) is 0 Å². The van der Waals surface area contributed by atoms with Gasteiger partial charge in [-0.2, -0.15) is 10.5 Å². The maximum absolute atomic E-state index is 12.5. The largest absolute Gasteiger partial charge is 0.512 e. The highest BCUT2D eigenvalue weighted by atomic mass is 32.1. The summed E-state index contributed by atoms with van der Waals surface area (Å²) in [5.74, 6) is -0.657. The summed E-state index contributed by atoms with van der Waals surface area (Å²) in [6.07, 6.45) is 2.24. The molecule has 5 heteroatoms. The van der Waals surface area contributed by atoms with Gasteiger partial charge in [-0.1, -0.05) is 26.0 Å². The number of carbonyl (C=O) groups excluding carboxylic acids is 1. The average Bonchev–Trinajstić information content (AvgIpc) is 2.99. The lowest BCUT2D eigenvalue weighted by atomic mass is 9.59. The summed E-state index contributed by atoms with van der Waals surface area (Å²) < 4.78 is 0. The quantitative estimate of drug-likeness (QED) is 0.846. The third-order valence-corrected chi connectivity index (χ3v) is 5.56. The molecule has 1 N–H and O–H groups in total. The number of thiophene rings is 1. The summed E-state index contributed by atoms with van der Waals surface area (Å²) in [5.41, 5.74) is -1.32. The molecule has 0 amide bonds. The molecule has 2 aliphatic rings. The van der Waals surface area contributed by atoms with Crippen molar-refractivity contribution in [2.75, 3.05) is 0 Å². The zero-order chi connectivity index (χ0) is 16.8. The van der Waals surface area contributed by atoms with Crippen LogP contribution in [0.25, 0.3) is 0 Å². The molecule has 0 fully saturated rings. The van der Waals surface area contributed by atoms with Gasteiger partial charge in [-0.15, -0.1) is 11.3 Å². The van der Waals surface area contributed by atoms with Gasteiger partial charge in [0.2, 0.25) is 0 Å². The zero-order valence-electron chi connectivity index (χ0n) is 13.0. The zero-order valence-corrected chi connectivity index (χ0v) is 13.8. The molecule has 4 nitrogen and oxygen atoms in total. The van der Waals surface area contributed by atoms with Crippen LogP contribution in [0, 0.1) is 33.5 Å². The third kappa shape index (κ3) is 2.20. The lowest BCUT2D eigenvalue weighted by Crippen LogP contribution is -2.39. The fourth-order valence-corrected chi connectivity index (χ4v) is 4.43. The van der Waals surface area contributed by atoms with Crippen molar-refractivity contribution in [3.63, 3.8) is 0 Å². The van der Waals surface area contributed by atoms with E-state index in [1.165, 1.54) is 11.3 Å². The Hall–Kier alpha value is -2.37. The van der Waals surface area contributed by atoms with E-state index in [0.29, 0.717) is 5.57 Å². The van der Waals surface area contributed by atoms with Gasteiger partial charge in [0, 0.05) is 23.6 Å². The lowest BCUT2D eigenvalue weighted by Gasteiger charge is -2.40. The van der Waals surface area contributed by atoms with Crippen LogP contribution in [-0.2, 0) is 4.79 Å². The maximum atomic E-state index is 12.5. The average molecular weight is 324 g/mol. The molecule has 23 heavy (non-hydrogen) atoms. The van der Waals surface area contributed by atoms with Crippen molar-refractivity contribution in [3.8, 4) is 12.1 Å². The van der Waals surface area contributed by atoms with E-state index in [2.05, 4.69) is 12.1 Å². The Bertz CT molecular complexity index is 802. The van der Waals surface area contributed by atoms with E-state index in [9.17, 15) is 20.4 Å². The van der Waals surface area contributed by atoms with Crippen molar-refractivity contribution >= 4 is 17.1 Å². The van der Waals surface area contributed by atoms with Crippen LogP contribution in [0.4, 0.5) is 0 Å². The van der Waals surface area contributed by atoms with Gasteiger partial charge in [0.25, 0.3) is 0 Å². The molecule has 0 saturated heterocycles. The summed E-state index contributed by atoms with van der Waals surface area (Å²) >= 11 is 1.46. The van der Waals surface area contributed by atoms with Gasteiger partial charge >= 0.3 is 0 Å². The number of fused-ring (bicyclic) bond motifs is 1. The summed E-state index contributed by atoms with van der Waals surface area (Å²) in [7, 11) is 0. The van der Waals surface area contributed by atoms with E-state index in [-0.39, 0.29) is 30.0 Å². The van der Waals surface area contributed by atoms with Crippen LogP contribution in [0.15, 0.2) is 40.5 Å². The topological polar surface area (TPSA) is 84.9 Å². The number of nitriles is 2. The normalized spacial score (nSPS) is 25.1. The van der Waals surface area contributed by atoms with Crippen LogP contribution in [0.3, 0.4) is 0 Å². The second-order valence-electron chi connectivity index (χ2n) is 6.77. The van der Waals surface area contributed by atoms with Crippen molar-refractivity contribution < 1.29 is 9.90 Å². The number of aliphatic hydroxyl groups excluding tert-OH is 1. The Morgan fingerprint density at radius 3 is 2.61 bits per heavy atom. The van der Waals surface area contributed by atoms with Crippen molar-refractivity contribution in [1.82, 2.24) is 0 Å². The van der Waals surface area contributed by atoms with Gasteiger partial charge in [0.15, 0.2) is 11.2 Å². The van der Waals surface area contributed by atoms with Gasteiger partial charge < -0.3 is 5.11 Å². The molecule has 0 aromatic carbocycles. The van der Waals surface area contributed by atoms with E-state index in [1.54, 1.807) is 0 Å². The number of rotatable bonds is 1. The van der Waals surface area contributed by atoms with E-state index in [0.717, 1.165) is 4.88 Å². The maximum Gasteiger partial charge on any atom is 0.177 e. The molecule has 1 unspecified atom stereocenters. The molecule has 3 rings (SSSR count). The van der Waals surface area contributed by atoms with Crippen LogP contribution in [-0.4, -0.2) is 10.9 Å². The molecule has 1 aromatic heterocycles. The van der Waals surface area contributed by atoms with Crippen molar-refractivity contribution in [1.29, 1.82) is 10.5 Å². The summed E-state index contributed by atoms with van der Waals surface area (Å²) in [6, 6.07) is 8.06. The molecule has 0 aliphatic heterocycles. The molecule has 1 atom stereocenters. The summed E-state index contributed by atoms with van der Waals surface area (Å²) in [5, 5.41) is 32.1. The molecule has 116 valence electrons. The Kier molecular flexibility index (Phi) is 3.43. The molecule has 1 heterocycles. The molecule has 0 saturated carbocycles. The van der Waals surface area contributed by atoms with Gasteiger partial charge in [0.1, 0.15) is 5.76 Å². The van der Waals surface area contributed by atoms with Crippen molar-refractivity contribution in [2.24, 2.45) is 10.8 Å². The molecule has 0 spiro atoms. The second-order valence-corrected chi connectivity index (χ2v) is 7.75. The number of allylic oxidation sites excluding steroid dienone is 4. The summed E-state index contributed by atoms with van der Waals surface area (Å²) in [6.45, 7) is 3.81. The molecular weight excluding hydrogens is 308 g/mol. The molecular formula is C18H16N2O2S. The van der Waals surface area contributed by atoms with E-state index in [4.69, 9.17) is 0 Å². The molecule has 0 radical (unpaired) electrons. The van der Waals surface area contributed by atoms with Crippen LogP contribution in [0.1, 0.15) is 37.5 Å². The Balaban J connectivity index is 2.31. The third-order valence-electron chi connectivity index (χ3n) is 4.57. The number of nitrogens with zero attached hydrogens (tertiary/aromatic N) is 2. The highest BCUT2D eigenvalue weighted by Gasteiger charge is 2.53. The second kappa shape index (κ2) is 5.08. The number of carbonyl (C=O) groups is 1. The van der Waals surface area contributed by atoms with Crippen molar-refractivity contribution in [2.45, 2.75) is 32.6 Å². The summed E-state index contributed by atoms with van der Waals surface area (Å²) in [4.78, 5) is 13.4. The van der Waals surface area contributed by atoms with Crippen LogP contribution in [0.2, 0.25) is 0 Å². The number of hydrogen-bond donors (Lipinski definition) is 1. The predicted octanol–water partition coefficient (Wildman–Crippen LogP) is 4.01. The van der Waals surface area contributed by atoms with Crippen molar-refractivity contribution in [3.05, 3.63) is 45.4 Å². The fourth-order valence-electron chi connectivity index (χ4n) is 3.53. The Morgan fingerprint density at radius 1 is 1.35 bits per heavy atom. The first kappa shape index (κ1) is 15.5. The first-order valence-electron chi connectivity index (χ1n) is 7.39. The van der Waals surface area contributed by atoms with Crippen LogP contribution >= 0.6 is 11.3 Å².